The number of aryl methyl sites for hydroxylation is 2. The summed E-state index contributed by atoms with van der Waals surface area (Å²) in [4.78, 5) is 25.6. The van der Waals surface area contributed by atoms with Crippen molar-refractivity contribution < 1.29 is 24.2 Å². The van der Waals surface area contributed by atoms with Crippen molar-refractivity contribution in [1.29, 1.82) is 0 Å². The average Bonchev–Trinajstić information content (AvgIpc) is 2.95. The van der Waals surface area contributed by atoms with Crippen LogP contribution in [0.5, 0.6) is 11.5 Å². The van der Waals surface area contributed by atoms with Gasteiger partial charge in [-0.1, -0.05) is 0 Å². The van der Waals surface area contributed by atoms with E-state index in [2.05, 4.69) is 5.10 Å². The van der Waals surface area contributed by atoms with Gasteiger partial charge in [-0.2, -0.15) is 5.10 Å². The van der Waals surface area contributed by atoms with E-state index in [-0.39, 0.29) is 12.3 Å². The molecular formula is C19H21N3O5. The molecule has 2 aliphatic rings. The molecule has 1 aromatic heterocycles. The Bertz CT molecular complexity index is 876. The third kappa shape index (κ3) is 3.74. The summed E-state index contributed by atoms with van der Waals surface area (Å²) in [5, 5.41) is 13.3. The maximum absolute atomic E-state index is 13.0. The van der Waals surface area contributed by atoms with Gasteiger partial charge in [0.2, 0.25) is 0 Å². The molecule has 1 amide bonds. The predicted molar refractivity (Wildman–Crippen MR) is 95.0 cm³/mol. The van der Waals surface area contributed by atoms with Crippen molar-refractivity contribution >= 4 is 11.9 Å². The quantitative estimate of drug-likeness (QED) is 0.879. The first-order valence-electron chi connectivity index (χ1n) is 9.06. The van der Waals surface area contributed by atoms with Crippen molar-refractivity contribution in [2.24, 2.45) is 0 Å². The SMILES string of the molecule is O=C(O)CCc1cc2n(n1)CCCN(C(=O)c1ccc3c(c1)OCCO3)C2. The number of carboxylic acid groups (broad SMARTS) is 1. The smallest absolute Gasteiger partial charge is 0.303 e. The number of fused-ring (bicyclic) bond motifs is 2. The molecule has 0 bridgehead atoms. The maximum atomic E-state index is 13.0. The van der Waals surface area contributed by atoms with Gasteiger partial charge in [-0.05, 0) is 30.7 Å². The summed E-state index contributed by atoms with van der Waals surface area (Å²) in [7, 11) is 0. The van der Waals surface area contributed by atoms with E-state index in [1.165, 1.54) is 0 Å². The van der Waals surface area contributed by atoms with Gasteiger partial charge in [-0.3, -0.25) is 14.3 Å². The fraction of sp³-hybridized carbons (Fsp3) is 0.421. The van der Waals surface area contributed by atoms with Crippen LogP contribution in [-0.4, -0.2) is 51.4 Å². The van der Waals surface area contributed by atoms with Crippen molar-refractivity contribution in [3.63, 3.8) is 0 Å². The highest BCUT2D eigenvalue weighted by Crippen LogP contribution is 2.31. The molecule has 0 radical (unpaired) electrons. The molecule has 4 rings (SSSR count). The number of carbonyl (C=O) groups excluding carboxylic acids is 1. The van der Waals surface area contributed by atoms with Gasteiger partial charge >= 0.3 is 5.97 Å². The minimum absolute atomic E-state index is 0.0519. The number of hydrogen-bond acceptors (Lipinski definition) is 5. The second-order valence-corrected chi connectivity index (χ2v) is 6.68. The predicted octanol–water partition coefficient (Wildman–Crippen LogP) is 1.72. The molecule has 0 saturated carbocycles. The highest BCUT2D eigenvalue weighted by Gasteiger charge is 2.23. The molecule has 0 atom stereocenters. The Labute approximate surface area is 156 Å². The van der Waals surface area contributed by atoms with E-state index in [4.69, 9.17) is 14.6 Å². The first-order chi connectivity index (χ1) is 13.1. The van der Waals surface area contributed by atoms with Crippen LogP contribution in [0, 0.1) is 0 Å². The van der Waals surface area contributed by atoms with E-state index in [0.717, 1.165) is 17.8 Å². The Balaban J connectivity index is 1.51. The minimum Gasteiger partial charge on any atom is -0.486 e. The summed E-state index contributed by atoms with van der Waals surface area (Å²) in [6.07, 6.45) is 1.24. The summed E-state index contributed by atoms with van der Waals surface area (Å²) in [5.41, 5.74) is 2.25. The summed E-state index contributed by atoms with van der Waals surface area (Å²) in [6, 6.07) is 7.17. The molecule has 0 spiro atoms. The fourth-order valence-corrected chi connectivity index (χ4v) is 3.41. The van der Waals surface area contributed by atoms with Crippen LogP contribution >= 0.6 is 0 Å². The van der Waals surface area contributed by atoms with Gasteiger partial charge < -0.3 is 19.5 Å². The third-order valence-corrected chi connectivity index (χ3v) is 4.74. The summed E-state index contributed by atoms with van der Waals surface area (Å²) < 4.78 is 13.0. The highest BCUT2D eigenvalue weighted by molar-refractivity contribution is 5.95. The Morgan fingerprint density at radius 3 is 2.74 bits per heavy atom. The van der Waals surface area contributed by atoms with Gasteiger partial charge in [-0.15, -0.1) is 0 Å². The van der Waals surface area contributed by atoms with Gasteiger partial charge in [0, 0.05) is 25.1 Å². The van der Waals surface area contributed by atoms with E-state index < -0.39 is 5.97 Å². The number of nitrogens with zero attached hydrogens (tertiary/aromatic N) is 3. The van der Waals surface area contributed by atoms with Crippen LogP contribution in [0.1, 0.15) is 34.6 Å². The van der Waals surface area contributed by atoms with Gasteiger partial charge in [0.05, 0.1) is 24.4 Å². The van der Waals surface area contributed by atoms with E-state index in [1.807, 2.05) is 10.7 Å². The maximum Gasteiger partial charge on any atom is 0.303 e. The van der Waals surface area contributed by atoms with Crippen LogP contribution in [0.3, 0.4) is 0 Å². The lowest BCUT2D eigenvalue weighted by atomic mass is 10.1. The summed E-state index contributed by atoms with van der Waals surface area (Å²) >= 11 is 0. The number of ether oxygens (including phenoxy) is 2. The molecule has 8 heteroatoms. The van der Waals surface area contributed by atoms with Gasteiger partial charge in [-0.25, -0.2) is 0 Å². The zero-order chi connectivity index (χ0) is 18.8. The lowest BCUT2D eigenvalue weighted by molar-refractivity contribution is -0.136. The third-order valence-electron chi connectivity index (χ3n) is 4.74. The largest absolute Gasteiger partial charge is 0.486 e. The van der Waals surface area contributed by atoms with Crippen LogP contribution < -0.4 is 9.47 Å². The van der Waals surface area contributed by atoms with Crippen LogP contribution in [0.2, 0.25) is 0 Å². The van der Waals surface area contributed by atoms with E-state index >= 15 is 0 Å². The monoisotopic (exact) mass is 371 g/mol. The second kappa shape index (κ2) is 7.30. The molecular weight excluding hydrogens is 350 g/mol. The average molecular weight is 371 g/mol. The fourth-order valence-electron chi connectivity index (χ4n) is 3.41. The van der Waals surface area contributed by atoms with Crippen molar-refractivity contribution in [1.82, 2.24) is 14.7 Å². The number of benzene rings is 1. The van der Waals surface area contributed by atoms with Crippen molar-refractivity contribution in [3.05, 3.63) is 41.2 Å². The number of amides is 1. The molecule has 27 heavy (non-hydrogen) atoms. The van der Waals surface area contributed by atoms with Crippen LogP contribution in [0.15, 0.2) is 24.3 Å². The second-order valence-electron chi connectivity index (χ2n) is 6.68. The summed E-state index contributed by atoms with van der Waals surface area (Å²) in [5.74, 6) is 0.361. The van der Waals surface area contributed by atoms with E-state index in [0.29, 0.717) is 56.3 Å². The molecule has 0 saturated heterocycles. The number of carboxylic acids is 1. The molecule has 1 N–H and O–H groups in total. The Morgan fingerprint density at radius 1 is 1.11 bits per heavy atom. The van der Waals surface area contributed by atoms with Crippen LogP contribution in [0.25, 0.3) is 0 Å². The van der Waals surface area contributed by atoms with Gasteiger partial charge in [0.15, 0.2) is 11.5 Å². The Kier molecular flexibility index (Phi) is 4.70. The zero-order valence-electron chi connectivity index (χ0n) is 14.9. The van der Waals surface area contributed by atoms with Gasteiger partial charge in [0.1, 0.15) is 13.2 Å². The summed E-state index contributed by atoms with van der Waals surface area (Å²) in [6.45, 7) is 2.80. The molecule has 8 nitrogen and oxygen atoms in total. The van der Waals surface area contributed by atoms with Crippen LogP contribution in [0.4, 0.5) is 0 Å². The molecule has 0 aliphatic carbocycles. The lowest BCUT2D eigenvalue weighted by Crippen LogP contribution is -2.30. The van der Waals surface area contributed by atoms with Crippen molar-refractivity contribution in [2.75, 3.05) is 19.8 Å². The van der Waals surface area contributed by atoms with Crippen LogP contribution in [-0.2, 0) is 24.3 Å². The molecule has 1 aromatic carbocycles. The zero-order valence-corrected chi connectivity index (χ0v) is 14.9. The molecule has 3 heterocycles. The van der Waals surface area contributed by atoms with E-state index in [1.54, 1.807) is 23.1 Å². The molecule has 142 valence electrons. The van der Waals surface area contributed by atoms with Crippen molar-refractivity contribution in [2.45, 2.75) is 32.4 Å². The minimum atomic E-state index is -0.839. The normalized spacial score (nSPS) is 15.8. The molecule has 2 aliphatic heterocycles. The Hall–Kier alpha value is -3.03. The number of carbonyl (C=O) groups is 2. The lowest BCUT2D eigenvalue weighted by Gasteiger charge is -2.22. The molecule has 0 fully saturated rings. The number of hydrogen-bond donors (Lipinski definition) is 1. The number of aliphatic carboxylic acids is 1. The standard InChI is InChI=1S/C19H21N3O5/c23-18(24)5-3-14-11-15-12-21(6-1-7-22(15)20-14)19(25)13-2-4-16-17(10-13)27-9-8-26-16/h2,4,10-11H,1,3,5-9,12H2,(H,23,24). The Morgan fingerprint density at radius 2 is 1.93 bits per heavy atom. The molecule has 2 aromatic rings. The number of rotatable bonds is 4. The number of aromatic nitrogens is 2. The molecule has 0 unspecified atom stereocenters. The van der Waals surface area contributed by atoms with E-state index in [9.17, 15) is 9.59 Å². The first kappa shape index (κ1) is 17.4. The topological polar surface area (TPSA) is 93.9 Å². The van der Waals surface area contributed by atoms with Gasteiger partial charge in [0.25, 0.3) is 5.91 Å². The highest BCUT2D eigenvalue weighted by atomic mass is 16.6. The first-order valence-corrected chi connectivity index (χ1v) is 9.06. The van der Waals surface area contributed by atoms with Crippen molar-refractivity contribution in [3.8, 4) is 11.5 Å².